The van der Waals surface area contributed by atoms with Gasteiger partial charge in [0.25, 0.3) is 5.91 Å². The quantitative estimate of drug-likeness (QED) is 0.583. The molecule has 2 aromatic carbocycles. The molecule has 6 nitrogen and oxygen atoms in total. The van der Waals surface area contributed by atoms with Gasteiger partial charge in [0.2, 0.25) is 0 Å². The molecule has 0 fully saturated rings. The molecule has 3 N–H and O–H groups in total. The van der Waals surface area contributed by atoms with Crippen LogP contribution in [-0.4, -0.2) is 28.9 Å². The number of carbonyl (C=O) groups is 1. The van der Waals surface area contributed by atoms with Crippen LogP contribution in [0.1, 0.15) is 22.8 Å². The number of hydrazone groups is 1. The van der Waals surface area contributed by atoms with Crippen LogP contribution in [0.4, 0.5) is 0 Å². The SMILES string of the molecule is CCOc1cccc(/C=N/NC(=O)c2ccc(O)cc2)c1O. The smallest absolute Gasteiger partial charge is 0.271 e. The van der Waals surface area contributed by atoms with Gasteiger partial charge in [-0.2, -0.15) is 5.10 Å². The average molecular weight is 300 g/mol. The van der Waals surface area contributed by atoms with Crippen molar-refractivity contribution in [3.63, 3.8) is 0 Å². The Bertz CT molecular complexity index is 681. The fourth-order valence-electron chi connectivity index (χ4n) is 1.75. The van der Waals surface area contributed by atoms with Crippen LogP contribution < -0.4 is 10.2 Å². The van der Waals surface area contributed by atoms with Gasteiger partial charge in [0, 0.05) is 11.1 Å². The highest BCUT2D eigenvalue weighted by Crippen LogP contribution is 2.28. The van der Waals surface area contributed by atoms with Crippen LogP contribution in [0.2, 0.25) is 0 Å². The van der Waals surface area contributed by atoms with Crippen LogP contribution in [-0.2, 0) is 0 Å². The minimum absolute atomic E-state index is 0.0352. The number of amides is 1. The molecule has 0 aromatic heterocycles. The summed E-state index contributed by atoms with van der Waals surface area (Å²) in [6, 6.07) is 10.8. The van der Waals surface area contributed by atoms with Gasteiger partial charge < -0.3 is 14.9 Å². The monoisotopic (exact) mass is 300 g/mol. The minimum Gasteiger partial charge on any atom is -0.508 e. The standard InChI is InChI=1S/C16H16N2O4/c1-2-22-14-5-3-4-12(15(14)20)10-17-18-16(21)11-6-8-13(19)9-7-11/h3-10,19-20H,2H2,1H3,(H,18,21)/b17-10+. The summed E-state index contributed by atoms with van der Waals surface area (Å²) in [5.74, 6) is -0.0160. The maximum atomic E-state index is 11.8. The molecular weight excluding hydrogens is 284 g/mol. The zero-order valence-electron chi connectivity index (χ0n) is 12.0. The van der Waals surface area contributed by atoms with E-state index in [0.717, 1.165) is 0 Å². The number of nitrogens with zero attached hydrogens (tertiary/aromatic N) is 1. The minimum atomic E-state index is -0.420. The molecule has 0 spiro atoms. The van der Waals surface area contributed by atoms with Crippen molar-refractivity contribution < 1.29 is 19.7 Å². The summed E-state index contributed by atoms with van der Waals surface area (Å²) >= 11 is 0. The Morgan fingerprint density at radius 3 is 2.64 bits per heavy atom. The van der Waals surface area contributed by atoms with Crippen molar-refractivity contribution in [3.8, 4) is 17.2 Å². The van der Waals surface area contributed by atoms with E-state index in [9.17, 15) is 9.90 Å². The molecule has 0 aliphatic carbocycles. The number of phenols is 2. The number of hydrogen-bond donors (Lipinski definition) is 3. The van der Waals surface area contributed by atoms with E-state index in [1.54, 1.807) is 18.2 Å². The topological polar surface area (TPSA) is 91.2 Å². The van der Waals surface area contributed by atoms with Gasteiger partial charge in [0.05, 0.1) is 12.8 Å². The molecule has 0 saturated carbocycles. The van der Waals surface area contributed by atoms with Gasteiger partial charge in [-0.25, -0.2) is 5.43 Å². The summed E-state index contributed by atoms with van der Waals surface area (Å²) in [7, 11) is 0. The fourth-order valence-corrected chi connectivity index (χ4v) is 1.75. The first-order valence-electron chi connectivity index (χ1n) is 6.69. The lowest BCUT2D eigenvalue weighted by Crippen LogP contribution is -2.17. The Balaban J connectivity index is 2.05. The predicted molar refractivity (Wildman–Crippen MR) is 82.4 cm³/mol. The van der Waals surface area contributed by atoms with Crippen molar-refractivity contribution in [2.45, 2.75) is 6.92 Å². The molecule has 1 amide bonds. The normalized spacial score (nSPS) is 10.6. The second-order valence-electron chi connectivity index (χ2n) is 4.37. The number of rotatable bonds is 5. The lowest BCUT2D eigenvalue weighted by molar-refractivity contribution is 0.0955. The Labute approximate surface area is 127 Å². The molecule has 0 aliphatic heterocycles. The molecule has 6 heteroatoms. The first-order valence-corrected chi connectivity index (χ1v) is 6.69. The molecule has 0 saturated heterocycles. The molecule has 2 rings (SSSR count). The van der Waals surface area contributed by atoms with E-state index in [1.165, 1.54) is 30.5 Å². The predicted octanol–water partition coefficient (Wildman–Crippen LogP) is 2.26. The zero-order valence-corrected chi connectivity index (χ0v) is 12.0. The second kappa shape index (κ2) is 7.12. The number of phenolic OH excluding ortho intramolecular Hbond substituents is 2. The summed E-state index contributed by atoms with van der Waals surface area (Å²) in [4.78, 5) is 11.8. The van der Waals surface area contributed by atoms with Crippen molar-refractivity contribution in [2.24, 2.45) is 5.10 Å². The third-order valence-electron chi connectivity index (χ3n) is 2.83. The molecule has 0 radical (unpaired) electrons. The Kier molecular flexibility index (Phi) is 4.98. The van der Waals surface area contributed by atoms with Crippen LogP contribution in [0.15, 0.2) is 47.6 Å². The fraction of sp³-hybridized carbons (Fsp3) is 0.125. The van der Waals surface area contributed by atoms with Crippen LogP contribution in [0, 0.1) is 0 Å². The highest BCUT2D eigenvalue weighted by atomic mass is 16.5. The number of para-hydroxylation sites is 1. The number of nitrogens with one attached hydrogen (secondary N) is 1. The van der Waals surface area contributed by atoms with E-state index in [2.05, 4.69) is 10.5 Å². The van der Waals surface area contributed by atoms with Gasteiger partial charge in [-0.3, -0.25) is 4.79 Å². The van der Waals surface area contributed by atoms with Crippen molar-refractivity contribution in [3.05, 3.63) is 53.6 Å². The average Bonchev–Trinajstić information content (AvgIpc) is 2.51. The highest BCUT2D eigenvalue weighted by molar-refractivity contribution is 5.95. The van der Waals surface area contributed by atoms with Crippen molar-refractivity contribution >= 4 is 12.1 Å². The van der Waals surface area contributed by atoms with E-state index in [-0.39, 0.29) is 11.5 Å². The highest BCUT2D eigenvalue weighted by Gasteiger charge is 2.06. The van der Waals surface area contributed by atoms with E-state index in [0.29, 0.717) is 23.5 Å². The van der Waals surface area contributed by atoms with E-state index in [4.69, 9.17) is 9.84 Å². The van der Waals surface area contributed by atoms with Crippen molar-refractivity contribution in [1.29, 1.82) is 0 Å². The molecule has 22 heavy (non-hydrogen) atoms. The summed E-state index contributed by atoms with van der Waals surface area (Å²) in [5.41, 5.74) is 3.13. The Morgan fingerprint density at radius 2 is 1.95 bits per heavy atom. The summed E-state index contributed by atoms with van der Waals surface area (Å²) < 4.78 is 5.26. The summed E-state index contributed by atoms with van der Waals surface area (Å²) in [5, 5.41) is 22.9. The summed E-state index contributed by atoms with van der Waals surface area (Å²) in [6.45, 7) is 2.25. The van der Waals surface area contributed by atoms with Gasteiger partial charge in [-0.1, -0.05) is 6.07 Å². The maximum absolute atomic E-state index is 11.8. The van der Waals surface area contributed by atoms with Gasteiger partial charge in [-0.15, -0.1) is 0 Å². The molecule has 0 aliphatic rings. The van der Waals surface area contributed by atoms with Gasteiger partial charge in [-0.05, 0) is 43.3 Å². The third-order valence-corrected chi connectivity index (χ3v) is 2.83. The number of carbonyl (C=O) groups excluding carboxylic acids is 1. The van der Waals surface area contributed by atoms with E-state index in [1.807, 2.05) is 6.92 Å². The van der Waals surface area contributed by atoms with Gasteiger partial charge in [0.15, 0.2) is 11.5 Å². The second-order valence-corrected chi connectivity index (χ2v) is 4.37. The van der Waals surface area contributed by atoms with Crippen LogP contribution in [0.25, 0.3) is 0 Å². The maximum Gasteiger partial charge on any atom is 0.271 e. The Morgan fingerprint density at radius 1 is 1.23 bits per heavy atom. The van der Waals surface area contributed by atoms with Crippen molar-refractivity contribution in [2.75, 3.05) is 6.61 Å². The van der Waals surface area contributed by atoms with Crippen LogP contribution >= 0.6 is 0 Å². The number of ether oxygens (including phenoxy) is 1. The number of aromatic hydroxyl groups is 2. The first kappa shape index (κ1) is 15.4. The number of hydrogen-bond acceptors (Lipinski definition) is 5. The lowest BCUT2D eigenvalue weighted by atomic mass is 10.2. The Hall–Kier alpha value is -3.02. The molecular formula is C16H16N2O4. The lowest BCUT2D eigenvalue weighted by Gasteiger charge is -2.07. The largest absolute Gasteiger partial charge is 0.508 e. The van der Waals surface area contributed by atoms with Gasteiger partial charge >= 0.3 is 0 Å². The van der Waals surface area contributed by atoms with Gasteiger partial charge in [0.1, 0.15) is 5.75 Å². The molecule has 0 bridgehead atoms. The first-order chi connectivity index (χ1) is 10.6. The van der Waals surface area contributed by atoms with Crippen LogP contribution in [0.5, 0.6) is 17.2 Å². The van der Waals surface area contributed by atoms with E-state index >= 15 is 0 Å². The molecule has 0 atom stereocenters. The number of benzene rings is 2. The molecule has 0 unspecified atom stereocenters. The van der Waals surface area contributed by atoms with Crippen LogP contribution in [0.3, 0.4) is 0 Å². The third kappa shape index (κ3) is 3.76. The summed E-state index contributed by atoms with van der Waals surface area (Å²) in [6.07, 6.45) is 1.33. The zero-order chi connectivity index (χ0) is 15.9. The molecule has 2 aromatic rings. The molecule has 0 heterocycles. The van der Waals surface area contributed by atoms with E-state index < -0.39 is 5.91 Å². The molecule has 114 valence electrons. The van der Waals surface area contributed by atoms with Crippen molar-refractivity contribution in [1.82, 2.24) is 5.43 Å².